The summed E-state index contributed by atoms with van der Waals surface area (Å²) in [4.78, 5) is 28.0. The van der Waals surface area contributed by atoms with E-state index in [0.29, 0.717) is 16.9 Å². The van der Waals surface area contributed by atoms with Gasteiger partial charge in [-0.25, -0.2) is 3.97 Å². The molecule has 0 aliphatic carbocycles. The third kappa shape index (κ3) is 6.41. The van der Waals surface area contributed by atoms with Crippen LogP contribution in [0.4, 0.5) is 0 Å². The number of thioether (sulfide) groups is 1. The molecule has 10 heteroatoms. The van der Waals surface area contributed by atoms with Gasteiger partial charge in [0.05, 0.1) is 0 Å². The smallest absolute Gasteiger partial charge is 0.324 e. The van der Waals surface area contributed by atoms with Gasteiger partial charge in [0.1, 0.15) is 0 Å². The van der Waals surface area contributed by atoms with Crippen LogP contribution in [0.2, 0.25) is 0 Å². The molecule has 0 spiro atoms. The molecular weight excluding hydrogens is 318 g/mol. The number of benzene rings is 1. The van der Waals surface area contributed by atoms with Crippen LogP contribution in [0.3, 0.4) is 0 Å². The van der Waals surface area contributed by atoms with Gasteiger partial charge < -0.3 is 14.7 Å². The van der Waals surface area contributed by atoms with Gasteiger partial charge in [-0.3, -0.25) is 9.13 Å². The predicted octanol–water partition coefficient (Wildman–Crippen LogP) is 2.75. The molecule has 0 amide bonds. The zero-order valence-electron chi connectivity index (χ0n) is 9.29. The Balaban J connectivity index is 2.58. The van der Waals surface area contributed by atoms with Gasteiger partial charge >= 0.3 is 15.2 Å². The summed E-state index contributed by atoms with van der Waals surface area (Å²) in [6.07, 6.45) is 1.92. The summed E-state index contributed by atoms with van der Waals surface area (Å²) in [5.74, 6) is -1.18. The zero-order valence-corrected chi connectivity index (χ0v) is 12.7. The van der Waals surface area contributed by atoms with E-state index >= 15 is 0 Å². The highest BCUT2D eigenvalue weighted by Crippen LogP contribution is 2.58. The molecule has 0 aliphatic heterocycles. The van der Waals surface area contributed by atoms with E-state index in [-0.39, 0.29) is 0 Å². The largest absolute Gasteiger partial charge is 0.351 e. The lowest BCUT2D eigenvalue weighted by atomic mass is 10.4. The van der Waals surface area contributed by atoms with E-state index in [0.717, 1.165) is 4.90 Å². The fourth-order valence-electron chi connectivity index (χ4n) is 0.989. The summed E-state index contributed by atoms with van der Waals surface area (Å²) >= 11 is 2.17. The van der Waals surface area contributed by atoms with Gasteiger partial charge in [0.2, 0.25) is 0 Å². The van der Waals surface area contributed by atoms with E-state index in [1.807, 2.05) is 18.4 Å². The van der Waals surface area contributed by atoms with Crippen molar-refractivity contribution in [2.24, 2.45) is 0 Å². The predicted molar refractivity (Wildman–Crippen MR) is 71.9 cm³/mol. The average molecular weight is 330 g/mol. The Kier molecular flexibility index (Phi) is 5.96. The maximum absolute atomic E-state index is 11.3. The molecular formula is C8H12O6P2S2. The maximum Gasteiger partial charge on any atom is 0.351 e. The van der Waals surface area contributed by atoms with Crippen molar-refractivity contribution in [2.75, 3.05) is 12.2 Å². The molecule has 0 fully saturated rings. The highest BCUT2D eigenvalue weighted by Gasteiger charge is 2.31. The topological polar surface area (TPSA) is 104 Å². The Bertz CT molecular complexity index is 485. The van der Waals surface area contributed by atoms with E-state index in [4.69, 9.17) is 9.79 Å². The normalized spacial score (nSPS) is 15.3. The van der Waals surface area contributed by atoms with Crippen LogP contribution in [0, 0.1) is 0 Å². The molecule has 0 radical (unpaired) electrons. The maximum atomic E-state index is 11.3. The second kappa shape index (κ2) is 6.59. The molecule has 1 rings (SSSR count). The van der Waals surface area contributed by atoms with Gasteiger partial charge in [0.15, 0.2) is 5.90 Å². The summed E-state index contributed by atoms with van der Waals surface area (Å²) in [6, 6.07) is 6.99. The zero-order chi connectivity index (χ0) is 13.8. The van der Waals surface area contributed by atoms with E-state index in [1.165, 1.54) is 0 Å². The first-order valence-corrected chi connectivity index (χ1v) is 10.1. The molecule has 0 aliphatic rings. The van der Waals surface area contributed by atoms with Gasteiger partial charge in [0.25, 0.3) is 0 Å². The van der Waals surface area contributed by atoms with Crippen molar-refractivity contribution in [3.63, 3.8) is 0 Å². The molecule has 0 bridgehead atoms. The van der Waals surface area contributed by atoms with Gasteiger partial charge in [-0.2, -0.15) is 0 Å². The molecule has 1 unspecified atom stereocenters. The monoisotopic (exact) mass is 330 g/mol. The van der Waals surface area contributed by atoms with Crippen LogP contribution in [-0.4, -0.2) is 26.8 Å². The van der Waals surface area contributed by atoms with Crippen LogP contribution in [-0.2, 0) is 13.1 Å². The second-order valence-electron chi connectivity index (χ2n) is 3.28. The van der Waals surface area contributed by atoms with Crippen molar-refractivity contribution in [1.29, 1.82) is 0 Å². The summed E-state index contributed by atoms with van der Waals surface area (Å²) in [7, 11) is -8.88. The minimum absolute atomic E-state index is 0.577. The molecule has 1 aromatic rings. The van der Waals surface area contributed by atoms with Crippen molar-refractivity contribution < 1.29 is 27.8 Å². The van der Waals surface area contributed by atoms with Crippen LogP contribution in [0.5, 0.6) is 0 Å². The van der Waals surface area contributed by atoms with E-state index in [1.54, 1.807) is 23.9 Å². The molecule has 3 N–H and O–H groups in total. The standard InChI is InChI=1S/C8H12O6P2S2/c1-17-7-2-4-8(5-3-7)18-14-16(12,13)6-15(9,10)11/h2-5H,6H2,1H3,(H,12,13)(H2,9,10,11). The summed E-state index contributed by atoms with van der Waals surface area (Å²) in [6.45, 7) is 0. The molecule has 1 atom stereocenters. The second-order valence-corrected chi connectivity index (χ2v) is 9.13. The lowest BCUT2D eigenvalue weighted by Crippen LogP contribution is -1.91. The Morgan fingerprint density at radius 3 is 2.06 bits per heavy atom. The van der Waals surface area contributed by atoms with E-state index < -0.39 is 21.1 Å². The summed E-state index contributed by atoms with van der Waals surface area (Å²) in [5.41, 5.74) is 0. The molecule has 0 heterocycles. The third-order valence-corrected chi connectivity index (χ3v) is 7.01. The minimum atomic E-state index is -4.58. The molecule has 0 aromatic heterocycles. The van der Waals surface area contributed by atoms with Crippen molar-refractivity contribution in [3.8, 4) is 0 Å². The van der Waals surface area contributed by atoms with Crippen LogP contribution in [0.1, 0.15) is 0 Å². The summed E-state index contributed by atoms with van der Waals surface area (Å²) < 4.78 is 26.5. The first kappa shape index (κ1) is 16.3. The van der Waals surface area contributed by atoms with Crippen molar-refractivity contribution >= 4 is 39.0 Å². The van der Waals surface area contributed by atoms with Gasteiger partial charge in [-0.15, -0.1) is 11.8 Å². The van der Waals surface area contributed by atoms with Gasteiger partial charge in [-0.05, 0) is 30.5 Å². The highest BCUT2D eigenvalue weighted by molar-refractivity contribution is 7.99. The molecule has 1 aromatic carbocycles. The van der Waals surface area contributed by atoms with Gasteiger partial charge in [0, 0.05) is 21.8 Å². The van der Waals surface area contributed by atoms with Crippen molar-refractivity contribution in [3.05, 3.63) is 24.3 Å². The Hall–Kier alpha value is 0.220. The quantitative estimate of drug-likeness (QED) is 0.415. The minimum Gasteiger partial charge on any atom is -0.324 e. The first-order valence-electron chi connectivity index (χ1n) is 4.58. The SMILES string of the molecule is CSc1ccc(SOP(=O)(O)CP(=O)(O)O)cc1. The van der Waals surface area contributed by atoms with E-state index in [2.05, 4.69) is 3.97 Å². The Morgan fingerprint density at radius 2 is 1.61 bits per heavy atom. The van der Waals surface area contributed by atoms with Crippen LogP contribution in [0.15, 0.2) is 34.1 Å². The van der Waals surface area contributed by atoms with Crippen molar-refractivity contribution in [1.82, 2.24) is 0 Å². The fraction of sp³-hybridized carbons (Fsp3) is 0.250. The van der Waals surface area contributed by atoms with Crippen LogP contribution >= 0.6 is 39.0 Å². The molecule has 0 saturated heterocycles. The van der Waals surface area contributed by atoms with Crippen LogP contribution in [0.25, 0.3) is 0 Å². The van der Waals surface area contributed by atoms with E-state index in [9.17, 15) is 14.0 Å². The molecule has 6 nitrogen and oxygen atoms in total. The fourth-order valence-corrected chi connectivity index (χ4v) is 4.93. The lowest BCUT2D eigenvalue weighted by Gasteiger charge is -2.11. The average Bonchev–Trinajstić information content (AvgIpc) is 2.24. The first-order chi connectivity index (χ1) is 8.22. The Labute approximate surface area is 113 Å². The number of rotatable bonds is 6. The van der Waals surface area contributed by atoms with Gasteiger partial charge in [-0.1, -0.05) is 0 Å². The molecule has 0 saturated carbocycles. The van der Waals surface area contributed by atoms with Crippen LogP contribution < -0.4 is 0 Å². The number of hydrogen-bond acceptors (Lipinski definition) is 5. The Morgan fingerprint density at radius 1 is 1.11 bits per heavy atom. The molecule has 18 heavy (non-hydrogen) atoms. The third-order valence-electron chi connectivity index (χ3n) is 1.67. The number of hydrogen-bond donors (Lipinski definition) is 3. The van der Waals surface area contributed by atoms with Crippen molar-refractivity contribution in [2.45, 2.75) is 9.79 Å². The lowest BCUT2D eigenvalue weighted by molar-refractivity contribution is 0.367. The molecule has 102 valence electrons. The summed E-state index contributed by atoms with van der Waals surface area (Å²) in [5, 5.41) is 0. The highest BCUT2D eigenvalue weighted by atomic mass is 32.2.